The van der Waals surface area contributed by atoms with Crippen LogP contribution in [-0.4, -0.2) is 16.8 Å². The summed E-state index contributed by atoms with van der Waals surface area (Å²) in [7, 11) is 0. The Morgan fingerprint density at radius 3 is 2.87 bits per heavy atom. The zero-order valence-corrected chi connectivity index (χ0v) is 9.73. The minimum Gasteiger partial charge on any atom is -0.481 e. The van der Waals surface area contributed by atoms with Crippen LogP contribution in [0.4, 0.5) is 4.39 Å². The first-order valence-electron chi connectivity index (χ1n) is 3.79. The smallest absolute Gasteiger partial charge is 0.313 e. The van der Waals surface area contributed by atoms with E-state index < -0.39 is 11.8 Å². The fourth-order valence-corrected chi connectivity index (χ4v) is 2.11. The van der Waals surface area contributed by atoms with Crippen LogP contribution in [0.5, 0.6) is 0 Å². The topological polar surface area (TPSA) is 61.1 Å². The number of aliphatic carboxylic acids is 1. The number of carboxylic acids is 1. The second-order valence-corrected chi connectivity index (χ2v) is 4.34. The molecule has 0 bridgehead atoms. The van der Waals surface area contributed by atoms with Crippen molar-refractivity contribution in [3.63, 3.8) is 0 Å². The zero-order chi connectivity index (χ0) is 11.4. The van der Waals surface area contributed by atoms with Crippen LogP contribution >= 0.6 is 27.7 Å². The molecule has 0 saturated carbocycles. The molecule has 0 aromatic heterocycles. The first-order valence-corrected chi connectivity index (χ1v) is 5.56. The first-order chi connectivity index (χ1) is 7.06. The molecule has 0 fully saturated rings. The summed E-state index contributed by atoms with van der Waals surface area (Å²) in [5.41, 5.74) is 0.187. The minimum absolute atomic E-state index is 0.0698. The van der Waals surface area contributed by atoms with Crippen LogP contribution in [-0.2, 0) is 4.79 Å². The minimum atomic E-state index is -1.01. The predicted octanol–water partition coefficient (Wildman–Crippen LogP) is 2.64. The highest BCUT2D eigenvalue weighted by molar-refractivity contribution is 9.10. The largest absolute Gasteiger partial charge is 0.481 e. The maximum atomic E-state index is 13.5. The Morgan fingerprint density at radius 2 is 2.33 bits per heavy atom. The molecule has 1 N–H and O–H groups in total. The molecule has 0 amide bonds. The summed E-state index contributed by atoms with van der Waals surface area (Å²) in [6.07, 6.45) is 0. The number of halogens is 2. The first kappa shape index (κ1) is 12.0. The predicted molar refractivity (Wildman–Crippen MR) is 57.2 cm³/mol. The second kappa shape index (κ2) is 5.14. The van der Waals surface area contributed by atoms with Gasteiger partial charge in [0.1, 0.15) is 6.07 Å². The lowest BCUT2D eigenvalue weighted by molar-refractivity contribution is -0.133. The summed E-state index contributed by atoms with van der Waals surface area (Å²) in [6, 6.07) is 4.65. The molecule has 15 heavy (non-hydrogen) atoms. The quantitative estimate of drug-likeness (QED) is 0.869. The molecule has 0 spiro atoms. The number of nitriles is 1. The van der Waals surface area contributed by atoms with Crippen molar-refractivity contribution in [2.45, 2.75) is 4.90 Å². The van der Waals surface area contributed by atoms with Crippen LogP contribution in [0, 0.1) is 17.1 Å². The van der Waals surface area contributed by atoms with Crippen LogP contribution in [0.25, 0.3) is 0 Å². The third-order valence-corrected chi connectivity index (χ3v) is 3.31. The third-order valence-electron chi connectivity index (χ3n) is 1.52. The molecule has 1 aromatic carbocycles. The van der Waals surface area contributed by atoms with E-state index in [2.05, 4.69) is 15.9 Å². The van der Waals surface area contributed by atoms with Gasteiger partial charge < -0.3 is 5.11 Å². The van der Waals surface area contributed by atoms with Crippen molar-refractivity contribution >= 4 is 33.7 Å². The Balaban J connectivity index is 2.98. The van der Waals surface area contributed by atoms with Crippen LogP contribution in [0.1, 0.15) is 5.56 Å². The maximum absolute atomic E-state index is 13.5. The van der Waals surface area contributed by atoms with Crippen molar-refractivity contribution in [2.75, 3.05) is 5.75 Å². The van der Waals surface area contributed by atoms with Crippen molar-refractivity contribution in [1.82, 2.24) is 0 Å². The Morgan fingerprint density at radius 1 is 1.67 bits per heavy atom. The molecule has 0 heterocycles. The number of thioether (sulfide) groups is 1. The van der Waals surface area contributed by atoms with Gasteiger partial charge in [-0.2, -0.15) is 5.26 Å². The zero-order valence-electron chi connectivity index (χ0n) is 7.33. The van der Waals surface area contributed by atoms with Gasteiger partial charge in [0.25, 0.3) is 0 Å². The lowest BCUT2D eigenvalue weighted by Gasteiger charge is -2.03. The molecule has 6 heteroatoms. The summed E-state index contributed by atoms with van der Waals surface area (Å²) >= 11 is 3.81. The number of hydrogen-bond acceptors (Lipinski definition) is 3. The third kappa shape index (κ3) is 2.94. The van der Waals surface area contributed by atoms with Crippen molar-refractivity contribution in [3.8, 4) is 6.07 Å². The molecule has 0 atom stereocenters. The maximum Gasteiger partial charge on any atom is 0.313 e. The molecule has 0 saturated heterocycles. The highest BCUT2D eigenvalue weighted by Gasteiger charge is 2.12. The lowest BCUT2D eigenvalue weighted by atomic mass is 10.2. The van der Waals surface area contributed by atoms with Gasteiger partial charge in [-0.1, -0.05) is 0 Å². The van der Waals surface area contributed by atoms with Gasteiger partial charge in [-0.25, -0.2) is 4.39 Å². The number of nitrogens with zero attached hydrogens (tertiary/aromatic N) is 1. The molecule has 0 aliphatic heterocycles. The fourth-order valence-electron chi connectivity index (χ4n) is 0.869. The molecule has 0 aliphatic carbocycles. The van der Waals surface area contributed by atoms with Gasteiger partial charge >= 0.3 is 5.97 Å². The van der Waals surface area contributed by atoms with Gasteiger partial charge in [-0.05, 0) is 28.1 Å². The van der Waals surface area contributed by atoms with Crippen LogP contribution in [0.2, 0.25) is 0 Å². The lowest BCUT2D eigenvalue weighted by Crippen LogP contribution is -1.98. The number of hydrogen-bond donors (Lipinski definition) is 1. The normalized spacial score (nSPS) is 9.67. The Kier molecular flexibility index (Phi) is 4.12. The van der Waals surface area contributed by atoms with E-state index in [1.807, 2.05) is 6.07 Å². The fraction of sp³-hybridized carbons (Fsp3) is 0.111. The summed E-state index contributed by atoms with van der Waals surface area (Å²) < 4.78 is 13.6. The number of carbonyl (C=O) groups is 1. The van der Waals surface area contributed by atoms with Gasteiger partial charge in [0.15, 0.2) is 5.82 Å². The highest BCUT2D eigenvalue weighted by atomic mass is 79.9. The van der Waals surface area contributed by atoms with Crippen LogP contribution in [0.3, 0.4) is 0 Å². The average Bonchev–Trinajstić information content (AvgIpc) is 2.20. The van der Waals surface area contributed by atoms with Gasteiger partial charge in [0.2, 0.25) is 0 Å². The Bertz CT molecular complexity index is 444. The van der Waals surface area contributed by atoms with Crippen LogP contribution in [0.15, 0.2) is 21.5 Å². The highest BCUT2D eigenvalue weighted by Crippen LogP contribution is 2.29. The number of carboxylic acid groups (broad SMARTS) is 1. The van der Waals surface area contributed by atoms with Crippen molar-refractivity contribution in [1.29, 1.82) is 5.26 Å². The van der Waals surface area contributed by atoms with E-state index in [0.717, 1.165) is 11.8 Å². The van der Waals surface area contributed by atoms with Gasteiger partial charge in [0.05, 0.1) is 15.8 Å². The second-order valence-electron chi connectivity index (χ2n) is 2.53. The van der Waals surface area contributed by atoms with Gasteiger partial charge in [-0.15, -0.1) is 11.8 Å². The molecule has 1 rings (SSSR count). The van der Waals surface area contributed by atoms with E-state index in [1.165, 1.54) is 12.1 Å². The molecule has 0 unspecified atom stereocenters. The van der Waals surface area contributed by atoms with E-state index in [-0.39, 0.29) is 20.7 Å². The Labute approximate surface area is 98.0 Å². The standard InChI is InChI=1S/C9H5BrFNO2S/c10-8-5(3-12)1-2-6(9(8)11)15-4-7(13)14/h1-2H,4H2,(H,13,14). The summed E-state index contributed by atoms with van der Waals surface area (Å²) in [4.78, 5) is 10.5. The molecule has 0 radical (unpaired) electrons. The molecular formula is C9H5BrFNO2S. The molecule has 3 nitrogen and oxygen atoms in total. The molecule has 0 aliphatic rings. The summed E-state index contributed by atoms with van der Waals surface area (Å²) in [5.74, 6) is -1.82. The van der Waals surface area contributed by atoms with Crippen molar-refractivity contribution in [3.05, 3.63) is 28.0 Å². The number of benzene rings is 1. The average molecular weight is 290 g/mol. The van der Waals surface area contributed by atoms with E-state index >= 15 is 0 Å². The number of rotatable bonds is 3. The van der Waals surface area contributed by atoms with E-state index in [0.29, 0.717) is 0 Å². The van der Waals surface area contributed by atoms with Crippen LogP contribution < -0.4 is 0 Å². The van der Waals surface area contributed by atoms with Gasteiger partial charge in [0, 0.05) is 4.90 Å². The molecule has 78 valence electrons. The molecule has 1 aromatic rings. The van der Waals surface area contributed by atoms with Crippen molar-refractivity contribution in [2.24, 2.45) is 0 Å². The van der Waals surface area contributed by atoms with Gasteiger partial charge in [-0.3, -0.25) is 4.79 Å². The summed E-state index contributed by atoms with van der Waals surface area (Å²) in [5, 5.41) is 17.0. The van der Waals surface area contributed by atoms with E-state index in [4.69, 9.17) is 10.4 Å². The Hall–Kier alpha value is -1.06. The summed E-state index contributed by atoms with van der Waals surface area (Å²) in [6.45, 7) is 0. The van der Waals surface area contributed by atoms with E-state index in [9.17, 15) is 9.18 Å². The SMILES string of the molecule is N#Cc1ccc(SCC(=O)O)c(F)c1Br. The van der Waals surface area contributed by atoms with E-state index in [1.54, 1.807) is 0 Å². The van der Waals surface area contributed by atoms with Crippen molar-refractivity contribution < 1.29 is 14.3 Å². The molecular weight excluding hydrogens is 285 g/mol. The monoisotopic (exact) mass is 289 g/mol.